The van der Waals surface area contributed by atoms with Gasteiger partial charge in [-0.1, -0.05) is 85.3 Å². The monoisotopic (exact) mass is 754 g/mol. The number of imidazole rings is 2. The second-order valence-electron chi connectivity index (χ2n) is 15.4. The molecule has 290 valence electrons. The Morgan fingerprint density at radius 3 is 1.95 bits per heavy atom. The van der Waals surface area contributed by atoms with Gasteiger partial charge in [-0.05, 0) is 79.3 Å². The van der Waals surface area contributed by atoms with E-state index in [1.807, 2.05) is 47.6 Å². The fourth-order valence-electron chi connectivity index (χ4n) is 8.95. The van der Waals surface area contributed by atoms with Crippen molar-refractivity contribution in [1.82, 2.24) is 35.1 Å². The van der Waals surface area contributed by atoms with Crippen LogP contribution in [-0.4, -0.2) is 73.4 Å². The number of nitrogens with zero attached hydrogens (tertiary/aromatic N) is 4. The molecule has 1 aliphatic carbocycles. The van der Waals surface area contributed by atoms with Crippen molar-refractivity contribution in [2.75, 3.05) is 19.6 Å². The Labute approximate surface area is 327 Å². The molecule has 3 aromatic carbocycles. The summed E-state index contributed by atoms with van der Waals surface area (Å²) in [6.07, 6.45) is 10.9. The van der Waals surface area contributed by atoms with Gasteiger partial charge in [0.05, 0.1) is 35.9 Å². The zero-order valence-electron chi connectivity index (χ0n) is 31.8. The highest BCUT2D eigenvalue weighted by Gasteiger charge is 2.37. The lowest BCUT2D eigenvalue weighted by Crippen LogP contribution is -2.42. The van der Waals surface area contributed by atoms with Crippen molar-refractivity contribution in [2.45, 2.75) is 82.5 Å². The number of primary amides is 1. The Morgan fingerprint density at radius 1 is 0.750 bits per heavy atom. The van der Waals surface area contributed by atoms with Gasteiger partial charge in [0, 0.05) is 25.9 Å². The van der Waals surface area contributed by atoms with Gasteiger partial charge in [0.2, 0.25) is 11.8 Å². The maximum absolute atomic E-state index is 13.8. The second kappa shape index (κ2) is 16.5. The summed E-state index contributed by atoms with van der Waals surface area (Å²) in [6.45, 7) is 3.93. The predicted molar refractivity (Wildman–Crippen MR) is 214 cm³/mol. The molecule has 12 heteroatoms. The maximum Gasteiger partial charge on any atom is 0.404 e. The first-order valence-electron chi connectivity index (χ1n) is 19.9. The molecule has 8 rings (SSSR count). The molecule has 5 atom stereocenters. The molecule has 12 nitrogen and oxygen atoms in total. The average Bonchev–Trinajstić information content (AvgIpc) is 4.05. The summed E-state index contributed by atoms with van der Waals surface area (Å²) in [5.41, 5.74) is 12.3. The van der Waals surface area contributed by atoms with Crippen molar-refractivity contribution in [3.63, 3.8) is 0 Å². The summed E-state index contributed by atoms with van der Waals surface area (Å²) < 4.78 is 5.50. The molecule has 1 saturated carbocycles. The number of carbonyl (C=O) groups is 3. The van der Waals surface area contributed by atoms with Gasteiger partial charge in [0.15, 0.2) is 0 Å². The van der Waals surface area contributed by atoms with Gasteiger partial charge in [-0.2, -0.15) is 0 Å². The number of hydrogen-bond donors (Lipinski definition) is 4. The highest BCUT2D eigenvalue weighted by Crippen LogP contribution is 2.37. The highest BCUT2D eigenvalue weighted by molar-refractivity contribution is 5.88. The van der Waals surface area contributed by atoms with Crippen LogP contribution in [0.1, 0.15) is 93.6 Å². The molecule has 3 amide bonds. The molecule has 3 aliphatic rings. The summed E-state index contributed by atoms with van der Waals surface area (Å²) >= 11 is 0. The normalized spacial score (nSPS) is 21.8. The number of ether oxygens (including phenoxy) is 1. The number of likely N-dealkylation sites (tertiary alicyclic amines) is 2. The molecule has 0 spiro atoms. The van der Waals surface area contributed by atoms with Crippen LogP contribution in [0.15, 0.2) is 91.3 Å². The Balaban J connectivity index is 0.909. The lowest BCUT2D eigenvalue weighted by atomic mass is 9.86. The number of amides is 3. The number of aromatic amines is 2. The average molecular weight is 755 g/mol. The number of hydrogen-bond acceptors (Lipinski definition) is 7. The number of rotatable bonds is 11. The molecule has 5 aromatic rings. The smallest absolute Gasteiger partial charge is 0.404 e. The van der Waals surface area contributed by atoms with E-state index in [0.717, 1.165) is 115 Å². The zero-order chi connectivity index (χ0) is 38.6. The molecule has 2 saturated heterocycles. The number of aromatic nitrogens is 4. The minimum absolute atomic E-state index is 0.105. The topological polar surface area (TPSA) is 162 Å². The minimum Gasteiger partial charge on any atom is -0.446 e. The van der Waals surface area contributed by atoms with E-state index in [-0.39, 0.29) is 30.0 Å². The largest absolute Gasteiger partial charge is 0.446 e. The van der Waals surface area contributed by atoms with Crippen LogP contribution in [0.2, 0.25) is 0 Å². The van der Waals surface area contributed by atoms with Crippen molar-refractivity contribution >= 4 is 17.9 Å². The van der Waals surface area contributed by atoms with Gasteiger partial charge in [-0.3, -0.25) is 14.5 Å². The van der Waals surface area contributed by atoms with Crippen molar-refractivity contribution in [3.05, 3.63) is 108 Å². The summed E-state index contributed by atoms with van der Waals surface area (Å²) in [5.74, 6) is 1.64. The van der Waals surface area contributed by atoms with E-state index in [1.54, 1.807) is 0 Å². The highest BCUT2D eigenvalue weighted by atomic mass is 16.6. The van der Waals surface area contributed by atoms with E-state index in [2.05, 4.69) is 68.7 Å². The van der Waals surface area contributed by atoms with Crippen molar-refractivity contribution < 1.29 is 19.1 Å². The SMILES string of the molecule is CC(=O)N[C@@H](C(=O)N1CCC[C@H]1c1ncc(-c2ccc(-c3ccc(-c4cnc([C@@H]5CCCN5C[C@@H]5CCCC[C@H]5OC(N)=O)[nH]4)cc3)cc2)[nH]1)c1ccccc1. The summed E-state index contributed by atoms with van der Waals surface area (Å²) in [4.78, 5) is 58.4. The van der Waals surface area contributed by atoms with Gasteiger partial charge >= 0.3 is 6.09 Å². The lowest BCUT2D eigenvalue weighted by Gasteiger charge is -2.35. The lowest BCUT2D eigenvalue weighted by molar-refractivity contribution is -0.137. The van der Waals surface area contributed by atoms with E-state index in [0.29, 0.717) is 12.5 Å². The van der Waals surface area contributed by atoms with Crippen LogP contribution in [-0.2, 0) is 14.3 Å². The molecule has 3 fully saturated rings. The van der Waals surface area contributed by atoms with Crippen LogP contribution < -0.4 is 11.1 Å². The maximum atomic E-state index is 13.8. The van der Waals surface area contributed by atoms with Crippen LogP contribution in [0.3, 0.4) is 0 Å². The zero-order valence-corrected chi connectivity index (χ0v) is 31.8. The van der Waals surface area contributed by atoms with E-state index < -0.39 is 12.1 Å². The number of nitrogens with one attached hydrogen (secondary N) is 3. The molecule has 0 radical (unpaired) electrons. The van der Waals surface area contributed by atoms with Gasteiger partial charge in [-0.25, -0.2) is 14.8 Å². The van der Waals surface area contributed by atoms with Gasteiger partial charge in [0.1, 0.15) is 23.8 Å². The quantitative estimate of drug-likeness (QED) is 0.109. The summed E-state index contributed by atoms with van der Waals surface area (Å²) in [5, 5.41) is 2.86. The fourth-order valence-corrected chi connectivity index (χ4v) is 8.95. The number of carbonyl (C=O) groups excluding carboxylic acids is 3. The molecule has 0 unspecified atom stereocenters. The molecule has 0 bridgehead atoms. The first-order valence-corrected chi connectivity index (χ1v) is 19.9. The Morgan fingerprint density at radius 2 is 1.32 bits per heavy atom. The molecular weight excluding hydrogens is 705 g/mol. The van der Waals surface area contributed by atoms with Crippen LogP contribution >= 0.6 is 0 Å². The molecular formula is C44H50N8O4. The molecule has 2 aromatic heterocycles. The standard InChI is InChI=1S/C44H50N8O4/c1-28(53)48-40(33-9-3-2-4-10-33)43(54)52-24-8-13-38(52)42-47-26-36(50-42)32-21-17-30(18-22-32)29-15-19-31(20-16-29)35-25-46-41(49-35)37-12-7-23-51(37)27-34-11-5-6-14-39(34)56-44(45)55/h2-4,9-10,15-22,25-26,34,37-40H,5-8,11-14,23-24,27H2,1H3,(H2,45,55)(H,46,49)(H,47,50)(H,48,53)/t34-,37-,38-,39+,40+/m0/s1. The summed E-state index contributed by atoms with van der Waals surface area (Å²) in [6, 6.07) is 25.6. The van der Waals surface area contributed by atoms with Gasteiger partial charge in [-0.15, -0.1) is 0 Å². The Kier molecular flexibility index (Phi) is 11.0. The Hall–Kier alpha value is -5.75. The molecule has 5 N–H and O–H groups in total. The van der Waals surface area contributed by atoms with Crippen LogP contribution in [0.5, 0.6) is 0 Å². The summed E-state index contributed by atoms with van der Waals surface area (Å²) in [7, 11) is 0. The van der Waals surface area contributed by atoms with E-state index >= 15 is 0 Å². The van der Waals surface area contributed by atoms with Crippen molar-refractivity contribution in [3.8, 4) is 33.6 Å². The fraction of sp³-hybridized carbons (Fsp3) is 0.386. The number of H-pyrrole nitrogens is 2. The van der Waals surface area contributed by atoms with Crippen LogP contribution in [0.4, 0.5) is 4.79 Å². The van der Waals surface area contributed by atoms with Crippen LogP contribution in [0.25, 0.3) is 33.6 Å². The van der Waals surface area contributed by atoms with Gasteiger partial charge in [0.25, 0.3) is 0 Å². The van der Waals surface area contributed by atoms with Crippen molar-refractivity contribution in [2.24, 2.45) is 11.7 Å². The third kappa shape index (κ3) is 8.11. The molecule has 2 aliphatic heterocycles. The first kappa shape index (κ1) is 37.2. The molecule has 56 heavy (non-hydrogen) atoms. The van der Waals surface area contributed by atoms with E-state index in [4.69, 9.17) is 20.4 Å². The third-order valence-corrected chi connectivity index (χ3v) is 11.8. The number of nitrogens with two attached hydrogens (primary N) is 1. The van der Waals surface area contributed by atoms with E-state index in [9.17, 15) is 14.4 Å². The predicted octanol–water partition coefficient (Wildman–Crippen LogP) is 7.47. The van der Waals surface area contributed by atoms with Crippen molar-refractivity contribution in [1.29, 1.82) is 0 Å². The third-order valence-electron chi connectivity index (χ3n) is 11.8. The first-order chi connectivity index (χ1) is 27.3. The van der Waals surface area contributed by atoms with Crippen LogP contribution in [0, 0.1) is 5.92 Å². The number of benzene rings is 3. The van der Waals surface area contributed by atoms with E-state index in [1.165, 1.54) is 6.92 Å². The Bertz CT molecular complexity index is 2130. The minimum atomic E-state index is -0.747. The molecule has 4 heterocycles. The van der Waals surface area contributed by atoms with Gasteiger partial charge < -0.3 is 30.7 Å². The second-order valence-corrected chi connectivity index (χ2v) is 15.4.